The number of nitrogens with zero attached hydrogens (tertiary/aromatic N) is 3. The molecule has 0 fully saturated rings. The zero-order chi connectivity index (χ0) is 13.2. The lowest BCUT2D eigenvalue weighted by Gasteiger charge is -2.03. The average molecular weight is 243 g/mol. The minimum absolute atomic E-state index is 0.398. The van der Waals surface area contributed by atoms with Crippen LogP contribution in [-0.4, -0.2) is 21.0 Å². The zero-order valence-corrected chi connectivity index (χ0v) is 7.92. The zero-order valence-electron chi connectivity index (χ0n) is 7.92. The van der Waals surface area contributed by atoms with Crippen LogP contribution < -0.4 is 0 Å². The molecule has 1 N–H and O–H groups in total. The molecule has 0 aliphatic heterocycles. The standard InChI is InChI=1S/C8H3F2N3O4/c9-7(10)6-5(13(16)17)1-3(8(14)15)4(2-11)12-6/h1,7H,(H,14,15). The largest absolute Gasteiger partial charge is 0.478 e. The molecule has 1 aromatic heterocycles. The molecule has 1 heterocycles. The van der Waals surface area contributed by atoms with E-state index in [1.165, 1.54) is 6.07 Å². The second-order valence-corrected chi connectivity index (χ2v) is 2.76. The summed E-state index contributed by atoms with van der Waals surface area (Å²) in [5, 5.41) is 27.6. The van der Waals surface area contributed by atoms with E-state index in [1.54, 1.807) is 0 Å². The molecule has 9 heteroatoms. The first-order chi connectivity index (χ1) is 7.88. The van der Waals surface area contributed by atoms with Gasteiger partial charge in [0, 0.05) is 6.07 Å². The number of nitriles is 1. The minimum atomic E-state index is -3.27. The topological polar surface area (TPSA) is 117 Å². The van der Waals surface area contributed by atoms with Crippen molar-refractivity contribution in [3.63, 3.8) is 0 Å². The predicted octanol–water partition coefficient (Wildman–Crippen LogP) is 1.50. The minimum Gasteiger partial charge on any atom is -0.478 e. The van der Waals surface area contributed by atoms with E-state index in [0.717, 1.165) is 0 Å². The van der Waals surface area contributed by atoms with Crippen molar-refractivity contribution in [2.75, 3.05) is 0 Å². The summed E-state index contributed by atoms with van der Waals surface area (Å²) in [5.74, 6) is -1.65. The number of halogens is 2. The number of rotatable bonds is 3. The van der Waals surface area contributed by atoms with Crippen LogP contribution in [0.25, 0.3) is 0 Å². The Bertz CT molecular complexity index is 538. The van der Waals surface area contributed by atoms with Crippen molar-refractivity contribution in [1.82, 2.24) is 4.98 Å². The first kappa shape index (κ1) is 12.4. The lowest BCUT2D eigenvalue weighted by Crippen LogP contribution is -2.08. The second-order valence-electron chi connectivity index (χ2n) is 2.76. The summed E-state index contributed by atoms with van der Waals surface area (Å²) in [5.41, 5.74) is -3.94. The molecule has 17 heavy (non-hydrogen) atoms. The van der Waals surface area contributed by atoms with Gasteiger partial charge in [-0.15, -0.1) is 0 Å². The van der Waals surface area contributed by atoms with Gasteiger partial charge >= 0.3 is 5.97 Å². The van der Waals surface area contributed by atoms with Crippen LogP contribution in [0.1, 0.15) is 28.2 Å². The summed E-state index contributed by atoms with van der Waals surface area (Å²) in [4.78, 5) is 22.9. The summed E-state index contributed by atoms with van der Waals surface area (Å²) in [6.45, 7) is 0. The van der Waals surface area contributed by atoms with Crippen molar-refractivity contribution in [2.45, 2.75) is 6.43 Å². The van der Waals surface area contributed by atoms with Gasteiger partial charge in [-0.3, -0.25) is 10.1 Å². The van der Waals surface area contributed by atoms with E-state index in [9.17, 15) is 23.7 Å². The Balaban J connectivity index is 3.61. The van der Waals surface area contributed by atoms with E-state index in [-0.39, 0.29) is 0 Å². The quantitative estimate of drug-likeness (QED) is 0.634. The van der Waals surface area contributed by atoms with Crippen LogP contribution in [0.3, 0.4) is 0 Å². The third-order valence-electron chi connectivity index (χ3n) is 1.77. The molecule has 1 rings (SSSR count). The number of nitro groups is 1. The van der Waals surface area contributed by atoms with Gasteiger partial charge in [0.1, 0.15) is 11.6 Å². The van der Waals surface area contributed by atoms with Crippen molar-refractivity contribution < 1.29 is 23.6 Å². The molecule has 0 aliphatic carbocycles. The highest BCUT2D eigenvalue weighted by molar-refractivity contribution is 5.90. The monoisotopic (exact) mass is 243 g/mol. The predicted molar refractivity (Wildman–Crippen MR) is 47.5 cm³/mol. The fourth-order valence-corrected chi connectivity index (χ4v) is 1.07. The Morgan fingerprint density at radius 1 is 1.65 bits per heavy atom. The molecule has 0 amide bonds. The van der Waals surface area contributed by atoms with Crippen LogP contribution >= 0.6 is 0 Å². The number of hydrogen-bond acceptors (Lipinski definition) is 5. The maximum atomic E-state index is 12.4. The first-order valence-corrected chi connectivity index (χ1v) is 3.99. The Morgan fingerprint density at radius 2 is 2.24 bits per heavy atom. The van der Waals surface area contributed by atoms with E-state index >= 15 is 0 Å². The van der Waals surface area contributed by atoms with Crippen molar-refractivity contribution in [1.29, 1.82) is 5.26 Å². The highest BCUT2D eigenvalue weighted by Gasteiger charge is 2.28. The van der Waals surface area contributed by atoms with Crippen molar-refractivity contribution in [3.05, 3.63) is 33.1 Å². The van der Waals surface area contributed by atoms with Gasteiger partial charge in [-0.1, -0.05) is 0 Å². The third kappa shape index (κ3) is 2.31. The number of aromatic nitrogens is 1. The molecule has 0 saturated heterocycles. The fraction of sp³-hybridized carbons (Fsp3) is 0.125. The Hall–Kier alpha value is -2.63. The number of hydrogen-bond donors (Lipinski definition) is 1. The van der Waals surface area contributed by atoms with E-state index < -0.39 is 40.0 Å². The van der Waals surface area contributed by atoms with Crippen LogP contribution in [0.4, 0.5) is 14.5 Å². The van der Waals surface area contributed by atoms with Gasteiger partial charge < -0.3 is 5.11 Å². The lowest BCUT2D eigenvalue weighted by molar-refractivity contribution is -0.386. The molecule has 88 valence electrons. The molecule has 0 saturated carbocycles. The Labute approximate surface area is 92.1 Å². The van der Waals surface area contributed by atoms with Gasteiger partial charge in [0.25, 0.3) is 12.1 Å². The second kappa shape index (κ2) is 4.48. The summed E-state index contributed by atoms with van der Waals surface area (Å²) in [6.07, 6.45) is -3.27. The van der Waals surface area contributed by atoms with Crippen LogP contribution in [0.15, 0.2) is 6.07 Å². The van der Waals surface area contributed by atoms with Gasteiger partial charge in [0.2, 0.25) is 0 Å². The summed E-state index contributed by atoms with van der Waals surface area (Å²) in [6, 6.07) is 1.69. The SMILES string of the molecule is N#Cc1nc(C(F)F)c([N+](=O)[O-])cc1C(=O)O. The molecule has 0 unspecified atom stereocenters. The fourth-order valence-electron chi connectivity index (χ4n) is 1.07. The van der Waals surface area contributed by atoms with Gasteiger partial charge in [0.05, 0.1) is 4.92 Å². The maximum Gasteiger partial charge on any atom is 0.338 e. The lowest BCUT2D eigenvalue weighted by atomic mass is 10.1. The summed E-state index contributed by atoms with van der Waals surface area (Å²) >= 11 is 0. The summed E-state index contributed by atoms with van der Waals surface area (Å²) < 4.78 is 24.8. The number of aromatic carboxylic acids is 1. The van der Waals surface area contributed by atoms with E-state index in [4.69, 9.17) is 10.4 Å². The first-order valence-electron chi connectivity index (χ1n) is 3.99. The Morgan fingerprint density at radius 3 is 2.59 bits per heavy atom. The van der Waals surface area contributed by atoms with Gasteiger partial charge in [-0.25, -0.2) is 18.6 Å². The van der Waals surface area contributed by atoms with E-state index in [2.05, 4.69) is 4.98 Å². The van der Waals surface area contributed by atoms with Crippen molar-refractivity contribution in [2.24, 2.45) is 0 Å². The number of alkyl halides is 2. The third-order valence-corrected chi connectivity index (χ3v) is 1.77. The normalized spacial score (nSPS) is 10.0. The van der Waals surface area contributed by atoms with Gasteiger partial charge in [-0.2, -0.15) is 5.26 Å². The van der Waals surface area contributed by atoms with E-state index in [0.29, 0.717) is 6.07 Å². The van der Waals surface area contributed by atoms with E-state index in [1.807, 2.05) is 0 Å². The molecule has 0 aromatic carbocycles. The number of carboxylic acid groups (broad SMARTS) is 1. The van der Waals surface area contributed by atoms with Crippen LogP contribution in [-0.2, 0) is 0 Å². The Kier molecular flexibility index (Phi) is 3.28. The molecule has 7 nitrogen and oxygen atoms in total. The number of carbonyl (C=O) groups is 1. The molecule has 0 bridgehead atoms. The van der Waals surface area contributed by atoms with Gasteiger partial charge in [0.15, 0.2) is 11.4 Å². The van der Waals surface area contributed by atoms with Crippen LogP contribution in [0.5, 0.6) is 0 Å². The highest BCUT2D eigenvalue weighted by Crippen LogP contribution is 2.28. The molecule has 0 aliphatic rings. The number of carboxylic acids is 1. The maximum absolute atomic E-state index is 12.4. The molecule has 0 radical (unpaired) electrons. The molecular formula is C8H3F2N3O4. The number of pyridine rings is 1. The van der Waals surface area contributed by atoms with Crippen LogP contribution in [0.2, 0.25) is 0 Å². The van der Waals surface area contributed by atoms with Crippen molar-refractivity contribution in [3.8, 4) is 6.07 Å². The molecule has 0 spiro atoms. The highest BCUT2D eigenvalue weighted by atomic mass is 19.3. The molecular weight excluding hydrogens is 240 g/mol. The van der Waals surface area contributed by atoms with Crippen LogP contribution in [0, 0.1) is 21.4 Å². The average Bonchev–Trinajstić information content (AvgIpc) is 2.26. The smallest absolute Gasteiger partial charge is 0.338 e. The van der Waals surface area contributed by atoms with Crippen molar-refractivity contribution >= 4 is 11.7 Å². The molecule has 1 aromatic rings. The molecule has 0 atom stereocenters. The van der Waals surface area contributed by atoms with Gasteiger partial charge in [-0.05, 0) is 0 Å². The summed E-state index contributed by atoms with van der Waals surface area (Å²) in [7, 11) is 0.